The maximum Gasteiger partial charge on any atom is 0.348 e. The SMILES string of the molecule is COC(=O)c1cc(Cn2c(=O)n([C@@H]3O[C@H](CO)[C@@H](F)[C@H]3O)c3nc(N)[nH]c(=O)c32)cs1. The molecule has 0 amide bonds. The van der Waals surface area contributed by atoms with Crippen LogP contribution in [0.2, 0.25) is 0 Å². The van der Waals surface area contributed by atoms with E-state index < -0.39 is 48.4 Å². The van der Waals surface area contributed by atoms with E-state index in [-0.39, 0.29) is 23.7 Å². The molecule has 4 heterocycles. The number of nitrogens with zero attached hydrogens (tertiary/aromatic N) is 3. The molecule has 1 saturated heterocycles. The van der Waals surface area contributed by atoms with Crippen LogP contribution in [0, 0.1) is 0 Å². The molecule has 14 heteroatoms. The Morgan fingerprint density at radius 3 is 2.87 bits per heavy atom. The number of hydrogen-bond acceptors (Lipinski definition) is 10. The highest BCUT2D eigenvalue weighted by molar-refractivity contribution is 7.12. The highest BCUT2D eigenvalue weighted by atomic mass is 32.1. The van der Waals surface area contributed by atoms with Crippen molar-refractivity contribution in [3.63, 3.8) is 0 Å². The minimum atomic E-state index is -1.96. The van der Waals surface area contributed by atoms with Gasteiger partial charge in [-0.05, 0) is 17.0 Å². The topological polar surface area (TPSA) is 175 Å². The second-order valence-corrected chi connectivity index (χ2v) is 7.77. The van der Waals surface area contributed by atoms with Gasteiger partial charge < -0.3 is 25.4 Å². The van der Waals surface area contributed by atoms with E-state index in [4.69, 9.17) is 10.5 Å². The lowest BCUT2D eigenvalue weighted by atomic mass is 10.1. The summed E-state index contributed by atoms with van der Waals surface area (Å²) in [5.74, 6) is -0.847. The number of nitrogens with one attached hydrogen (secondary N) is 1. The third-order valence-electron chi connectivity index (χ3n) is 4.93. The lowest BCUT2D eigenvalue weighted by molar-refractivity contribution is -0.0513. The molecule has 1 fully saturated rings. The summed E-state index contributed by atoms with van der Waals surface area (Å²) >= 11 is 1.10. The predicted octanol–water partition coefficient (Wildman–Crippen LogP) is -1.05. The highest BCUT2D eigenvalue weighted by Crippen LogP contribution is 2.32. The molecule has 31 heavy (non-hydrogen) atoms. The molecule has 0 aromatic carbocycles. The van der Waals surface area contributed by atoms with Crippen LogP contribution in [0.4, 0.5) is 10.3 Å². The molecule has 4 atom stereocenters. The molecule has 1 aliphatic rings. The first kappa shape index (κ1) is 21.2. The number of aliphatic hydroxyl groups excluding tert-OH is 2. The molecule has 1 aliphatic heterocycles. The van der Waals surface area contributed by atoms with Gasteiger partial charge in [0.15, 0.2) is 23.6 Å². The number of H-pyrrole nitrogens is 1. The smallest absolute Gasteiger partial charge is 0.348 e. The zero-order valence-corrected chi connectivity index (χ0v) is 16.8. The van der Waals surface area contributed by atoms with Crippen molar-refractivity contribution in [1.82, 2.24) is 19.1 Å². The Bertz CT molecular complexity index is 1260. The number of nitrogen functional groups attached to an aromatic ring is 1. The zero-order valence-electron chi connectivity index (χ0n) is 16.0. The number of methoxy groups -OCH3 is 1. The Hall–Kier alpha value is -3.07. The van der Waals surface area contributed by atoms with E-state index in [0.29, 0.717) is 10.4 Å². The molecular weight excluding hydrogens is 437 g/mol. The molecule has 0 radical (unpaired) electrons. The van der Waals surface area contributed by atoms with Gasteiger partial charge in [0.2, 0.25) is 5.95 Å². The summed E-state index contributed by atoms with van der Waals surface area (Å²) in [7, 11) is 1.24. The van der Waals surface area contributed by atoms with E-state index in [1.807, 2.05) is 0 Å². The van der Waals surface area contributed by atoms with Gasteiger partial charge in [-0.25, -0.2) is 18.5 Å². The number of carbonyl (C=O) groups is 1. The second kappa shape index (κ2) is 7.88. The van der Waals surface area contributed by atoms with E-state index in [1.165, 1.54) is 13.2 Å². The van der Waals surface area contributed by atoms with Crippen LogP contribution < -0.4 is 17.0 Å². The van der Waals surface area contributed by atoms with Crippen LogP contribution in [0.1, 0.15) is 21.5 Å². The number of hydrogen-bond donors (Lipinski definition) is 4. The minimum Gasteiger partial charge on any atom is -0.465 e. The van der Waals surface area contributed by atoms with Gasteiger partial charge in [0, 0.05) is 0 Å². The summed E-state index contributed by atoms with van der Waals surface area (Å²) in [4.78, 5) is 44.1. The summed E-state index contributed by atoms with van der Waals surface area (Å²) in [6.07, 6.45) is -6.64. The largest absolute Gasteiger partial charge is 0.465 e. The molecule has 166 valence electrons. The van der Waals surface area contributed by atoms with Crippen molar-refractivity contribution >= 4 is 34.4 Å². The molecule has 0 aliphatic carbocycles. The van der Waals surface area contributed by atoms with Crippen molar-refractivity contribution in [2.24, 2.45) is 0 Å². The monoisotopic (exact) mass is 455 g/mol. The highest BCUT2D eigenvalue weighted by Gasteiger charge is 2.46. The average Bonchev–Trinajstić information content (AvgIpc) is 3.39. The van der Waals surface area contributed by atoms with Crippen molar-refractivity contribution in [3.8, 4) is 0 Å². The Labute approximate surface area is 176 Å². The summed E-state index contributed by atoms with van der Waals surface area (Å²) < 4.78 is 26.1. The van der Waals surface area contributed by atoms with E-state index in [0.717, 1.165) is 20.5 Å². The van der Waals surface area contributed by atoms with Crippen molar-refractivity contribution < 1.29 is 28.9 Å². The van der Waals surface area contributed by atoms with Gasteiger partial charge in [-0.1, -0.05) is 0 Å². The van der Waals surface area contributed by atoms with Gasteiger partial charge in [0.1, 0.15) is 17.1 Å². The minimum absolute atomic E-state index is 0.129. The molecular formula is C17H18FN5O7S. The van der Waals surface area contributed by atoms with Crippen LogP contribution in [-0.2, 0) is 16.0 Å². The molecule has 0 unspecified atom stereocenters. The lowest BCUT2D eigenvalue weighted by Gasteiger charge is -2.15. The fourth-order valence-electron chi connectivity index (χ4n) is 3.49. The van der Waals surface area contributed by atoms with Gasteiger partial charge in [0.25, 0.3) is 5.56 Å². The first-order valence-electron chi connectivity index (χ1n) is 9.01. The number of alkyl halides is 1. The molecule has 4 rings (SSSR count). The third-order valence-corrected chi connectivity index (χ3v) is 5.89. The van der Waals surface area contributed by atoms with Crippen LogP contribution in [0.25, 0.3) is 11.2 Å². The number of aromatic nitrogens is 4. The van der Waals surface area contributed by atoms with E-state index in [9.17, 15) is 29.0 Å². The lowest BCUT2D eigenvalue weighted by Crippen LogP contribution is -2.34. The quantitative estimate of drug-likeness (QED) is 0.350. The molecule has 5 N–H and O–H groups in total. The van der Waals surface area contributed by atoms with Crippen LogP contribution in [-0.4, -0.2) is 67.4 Å². The van der Waals surface area contributed by atoms with E-state index in [2.05, 4.69) is 14.7 Å². The van der Waals surface area contributed by atoms with Crippen molar-refractivity contribution in [2.75, 3.05) is 19.5 Å². The Kier molecular flexibility index (Phi) is 5.38. The Balaban J connectivity index is 1.87. The number of aromatic amines is 1. The summed E-state index contributed by atoms with van der Waals surface area (Å²) in [6.45, 7) is -0.848. The normalized spacial score (nSPS) is 23.5. The van der Waals surface area contributed by atoms with Crippen LogP contribution in [0.3, 0.4) is 0 Å². The number of anilines is 1. The molecule has 0 bridgehead atoms. The zero-order chi connectivity index (χ0) is 22.4. The van der Waals surface area contributed by atoms with E-state index in [1.54, 1.807) is 5.38 Å². The van der Waals surface area contributed by atoms with Gasteiger partial charge >= 0.3 is 11.7 Å². The van der Waals surface area contributed by atoms with Crippen molar-refractivity contribution in [2.45, 2.75) is 31.2 Å². The number of carbonyl (C=O) groups excluding carboxylic acids is 1. The fraction of sp³-hybridized carbons (Fsp3) is 0.412. The number of ether oxygens (including phenoxy) is 2. The summed E-state index contributed by atoms with van der Waals surface area (Å²) in [5.41, 5.74) is 4.19. The average molecular weight is 455 g/mol. The van der Waals surface area contributed by atoms with Gasteiger partial charge in [-0.3, -0.25) is 14.3 Å². The molecule has 3 aromatic heterocycles. The summed E-state index contributed by atoms with van der Waals surface area (Å²) in [6, 6.07) is 1.51. The van der Waals surface area contributed by atoms with E-state index >= 15 is 0 Å². The number of thiophene rings is 1. The number of rotatable bonds is 5. The summed E-state index contributed by atoms with van der Waals surface area (Å²) in [5, 5.41) is 21.1. The Morgan fingerprint density at radius 2 is 2.23 bits per heavy atom. The second-order valence-electron chi connectivity index (χ2n) is 6.86. The standard InChI is InChI=1S/C17H18FN5O7S/c1-29-15(27)8-2-6(5-31-8)3-22-10-12(20-16(19)21-13(10)26)23(17(22)28)14-11(25)9(18)7(4-24)30-14/h2,5,7,9,11,14,24-25H,3-4H2,1H3,(H3,19,20,21,26)/t7-,9-,11-,14-/m1/s1. The number of imidazole rings is 1. The number of fused-ring (bicyclic) bond motifs is 1. The number of aliphatic hydroxyl groups is 2. The fourth-order valence-corrected chi connectivity index (χ4v) is 4.31. The van der Waals surface area contributed by atoms with Gasteiger partial charge in [-0.15, -0.1) is 11.3 Å². The van der Waals surface area contributed by atoms with Gasteiger partial charge in [0.05, 0.1) is 20.3 Å². The van der Waals surface area contributed by atoms with Crippen LogP contribution >= 0.6 is 11.3 Å². The molecule has 12 nitrogen and oxygen atoms in total. The van der Waals surface area contributed by atoms with Crippen LogP contribution in [0.15, 0.2) is 21.0 Å². The molecule has 0 spiro atoms. The first-order chi connectivity index (χ1) is 14.8. The first-order valence-corrected chi connectivity index (χ1v) is 9.89. The number of esters is 1. The number of halogens is 1. The number of nitrogens with two attached hydrogens (primary N) is 1. The third kappa shape index (κ3) is 3.42. The van der Waals surface area contributed by atoms with Crippen LogP contribution in [0.5, 0.6) is 0 Å². The maximum atomic E-state index is 14.3. The molecule has 0 saturated carbocycles. The van der Waals surface area contributed by atoms with Crippen molar-refractivity contribution in [1.29, 1.82) is 0 Å². The van der Waals surface area contributed by atoms with Crippen molar-refractivity contribution in [3.05, 3.63) is 42.7 Å². The van der Waals surface area contributed by atoms with Gasteiger partial charge in [-0.2, -0.15) is 4.98 Å². The molecule has 3 aromatic rings. The predicted molar refractivity (Wildman–Crippen MR) is 106 cm³/mol. The Morgan fingerprint density at radius 1 is 1.48 bits per heavy atom. The maximum absolute atomic E-state index is 14.3.